The minimum Gasteiger partial charge on any atom is -0.465 e. The number of nitrogens with one attached hydrogen (secondary N) is 1. The quantitative estimate of drug-likeness (QED) is 0.855. The number of aryl methyl sites for hydroxylation is 1. The Morgan fingerprint density at radius 1 is 1.35 bits per heavy atom. The van der Waals surface area contributed by atoms with Gasteiger partial charge in [-0.25, -0.2) is 0 Å². The summed E-state index contributed by atoms with van der Waals surface area (Å²) in [7, 11) is 4.10. The van der Waals surface area contributed by atoms with E-state index in [4.69, 9.17) is 4.42 Å². The molecular formula is C14H26N2O. The molecule has 1 rings (SSSR count). The number of hydrogen-bond donors (Lipinski definition) is 1. The average molecular weight is 238 g/mol. The summed E-state index contributed by atoms with van der Waals surface area (Å²) in [5.41, 5.74) is 1.58. The molecule has 0 aliphatic rings. The van der Waals surface area contributed by atoms with Crippen LogP contribution in [-0.2, 0) is 13.1 Å². The molecular weight excluding hydrogens is 212 g/mol. The summed E-state index contributed by atoms with van der Waals surface area (Å²) < 4.78 is 5.77. The summed E-state index contributed by atoms with van der Waals surface area (Å²) >= 11 is 0. The lowest BCUT2D eigenvalue weighted by atomic mass is 9.96. The van der Waals surface area contributed by atoms with Crippen LogP contribution in [0.5, 0.6) is 0 Å². The van der Waals surface area contributed by atoms with Crippen molar-refractivity contribution in [3.63, 3.8) is 0 Å². The van der Waals surface area contributed by atoms with Gasteiger partial charge in [0.15, 0.2) is 0 Å². The molecule has 17 heavy (non-hydrogen) atoms. The third-order valence-electron chi connectivity index (χ3n) is 2.61. The van der Waals surface area contributed by atoms with E-state index < -0.39 is 0 Å². The highest BCUT2D eigenvalue weighted by molar-refractivity contribution is 5.20. The Bertz CT molecular complexity index is 350. The Morgan fingerprint density at radius 3 is 2.53 bits per heavy atom. The van der Waals surface area contributed by atoms with E-state index in [0.717, 1.165) is 31.2 Å². The summed E-state index contributed by atoms with van der Waals surface area (Å²) in [5, 5.41) is 3.16. The van der Waals surface area contributed by atoms with Crippen LogP contribution in [0.4, 0.5) is 0 Å². The van der Waals surface area contributed by atoms with E-state index in [-0.39, 0.29) is 0 Å². The number of rotatable bonds is 5. The minimum atomic E-state index is 0.324. The largest absolute Gasteiger partial charge is 0.465 e. The molecule has 0 fully saturated rings. The summed E-state index contributed by atoms with van der Waals surface area (Å²) in [6.45, 7) is 11.6. The van der Waals surface area contributed by atoms with E-state index in [9.17, 15) is 0 Å². The number of hydrogen-bond acceptors (Lipinski definition) is 3. The Morgan fingerprint density at radius 2 is 2.00 bits per heavy atom. The molecule has 1 aromatic rings. The zero-order valence-electron chi connectivity index (χ0n) is 12.1. The first kappa shape index (κ1) is 14.3. The van der Waals surface area contributed by atoms with E-state index in [2.05, 4.69) is 44.1 Å². The highest BCUT2D eigenvalue weighted by Gasteiger charge is 2.15. The van der Waals surface area contributed by atoms with Crippen molar-refractivity contribution in [2.45, 2.75) is 40.8 Å². The fourth-order valence-corrected chi connectivity index (χ4v) is 2.16. The van der Waals surface area contributed by atoms with Crippen molar-refractivity contribution in [3.8, 4) is 0 Å². The van der Waals surface area contributed by atoms with Gasteiger partial charge in [0.05, 0.1) is 6.54 Å². The molecule has 1 N–H and O–H groups in total. The van der Waals surface area contributed by atoms with Gasteiger partial charge in [0.25, 0.3) is 0 Å². The molecule has 0 saturated heterocycles. The maximum Gasteiger partial charge on any atom is 0.118 e. The van der Waals surface area contributed by atoms with Crippen LogP contribution in [0, 0.1) is 12.3 Å². The Balaban J connectivity index is 2.59. The summed E-state index contributed by atoms with van der Waals surface area (Å²) in [6.07, 6.45) is 0. The van der Waals surface area contributed by atoms with Crippen molar-refractivity contribution in [2.75, 3.05) is 20.6 Å². The van der Waals surface area contributed by atoms with Crippen molar-refractivity contribution in [1.29, 1.82) is 0 Å². The maximum absolute atomic E-state index is 5.77. The van der Waals surface area contributed by atoms with Crippen molar-refractivity contribution < 1.29 is 4.42 Å². The molecule has 0 bridgehead atoms. The lowest BCUT2D eigenvalue weighted by Gasteiger charge is -2.25. The molecule has 1 aromatic heterocycles. The van der Waals surface area contributed by atoms with Crippen molar-refractivity contribution in [3.05, 3.63) is 23.2 Å². The molecule has 0 amide bonds. The normalized spacial score (nSPS) is 12.4. The molecule has 0 aliphatic carbocycles. The van der Waals surface area contributed by atoms with Crippen LogP contribution >= 0.6 is 0 Å². The van der Waals surface area contributed by atoms with E-state index in [1.165, 1.54) is 5.56 Å². The zero-order chi connectivity index (χ0) is 13.1. The van der Waals surface area contributed by atoms with Gasteiger partial charge >= 0.3 is 0 Å². The SMILES string of the molecule is CNCc1cc(CN(C)CC(C)(C)C)oc1C. The summed E-state index contributed by atoms with van der Waals surface area (Å²) in [6, 6.07) is 2.16. The topological polar surface area (TPSA) is 28.4 Å². The van der Waals surface area contributed by atoms with Gasteiger partial charge in [-0.15, -0.1) is 0 Å². The molecule has 0 radical (unpaired) electrons. The second-order valence-electron chi connectivity index (χ2n) is 6.06. The van der Waals surface area contributed by atoms with E-state index in [0.29, 0.717) is 5.41 Å². The molecule has 0 aromatic carbocycles. The fourth-order valence-electron chi connectivity index (χ4n) is 2.16. The molecule has 1 heterocycles. The van der Waals surface area contributed by atoms with Gasteiger partial charge in [-0.2, -0.15) is 0 Å². The standard InChI is InChI=1S/C14H26N2O/c1-11-12(8-15-5)7-13(17-11)9-16(6)10-14(2,3)4/h7,15H,8-10H2,1-6H3. The average Bonchev–Trinajstić information content (AvgIpc) is 2.43. The predicted octanol–water partition coefficient (Wildman–Crippen LogP) is 2.79. The van der Waals surface area contributed by atoms with Crippen LogP contribution in [0.25, 0.3) is 0 Å². The summed E-state index contributed by atoms with van der Waals surface area (Å²) in [4.78, 5) is 2.31. The third-order valence-corrected chi connectivity index (χ3v) is 2.61. The zero-order valence-corrected chi connectivity index (χ0v) is 12.1. The number of nitrogens with zero attached hydrogens (tertiary/aromatic N) is 1. The predicted molar refractivity (Wildman–Crippen MR) is 72.0 cm³/mol. The molecule has 0 saturated carbocycles. The maximum atomic E-state index is 5.77. The molecule has 3 nitrogen and oxygen atoms in total. The Kier molecular flexibility index (Phi) is 4.78. The van der Waals surface area contributed by atoms with Crippen molar-refractivity contribution in [1.82, 2.24) is 10.2 Å². The van der Waals surface area contributed by atoms with Crippen LogP contribution in [0.1, 0.15) is 37.9 Å². The lowest BCUT2D eigenvalue weighted by molar-refractivity contribution is 0.207. The van der Waals surface area contributed by atoms with Gasteiger partial charge in [0.1, 0.15) is 11.5 Å². The van der Waals surface area contributed by atoms with Crippen LogP contribution in [0.15, 0.2) is 10.5 Å². The van der Waals surface area contributed by atoms with Crippen molar-refractivity contribution >= 4 is 0 Å². The smallest absolute Gasteiger partial charge is 0.118 e. The van der Waals surface area contributed by atoms with Gasteiger partial charge in [0, 0.05) is 18.7 Å². The first-order valence-electron chi connectivity index (χ1n) is 6.23. The summed E-state index contributed by atoms with van der Waals surface area (Å²) in [5.74, 6) is 2.08. The van der Waals surface area contributed by atoms with Crippen LogP contribution in [0.2, 0.25) is 0 Å². The van der Waals surface area contributed by atoms with E-state index in [1.54, 1.807) is 0 Å². The molecule has 0 unspecified atom stereocenters. The van der Waals surface area contributed by atoms with Crippen LogP contribution < -0.4 is 5.32 Å². The fraction of sp³-hybridized carbons (Fsp3) is 0.714. The van der Waals surface area contributed by atoms with E-state index in [1.807, 2.05) is 14.0 Å². The van der Waals surface area contributed by atoms with Gasteiger partial charge in [-0.3, -0.25) is 4.90 Å². The van der Waals surface area contributed by atoms with Gasteiger partial charge in [0.2, 0.25) is 0 Å². The Labute approximate surface area is 105 Å². The molecule has 3 heteroatoms. The third kappa shape index (κ3) is 4.92. The molecule has 0 aliphatic heterocycles. The Hall–Kier alpha value is -0.800. The second-order valence-corrected chi connectivity index (χ2v) is 6.06. The lowest BCUT2D eigenvalue weighted by Crippen LogP contribution is -2.28. The molecule has 0 atom stereocenters. The molecule has 0 spiro atoms. The first-order valence-corrected chi connectivity index (χ1v) is 6.23. The first-order chi connectivity index (χ1) is 7.81. The number of furan rings is 1. The monoisotopic (exact) mass is 238 g/mol. The minimum absolute atomic E-state index is 0.324. The molecule has 98 valence electrons. The van der Waals surface area contributed by atoms with E-state index >= 15 is 0 Å². The van der Waals surface area contributed by atoms with Crippen LogP contribution in [-0.4, -0.2) is 25.5 Å². The second kappa shape index (κ2) is 5.69. The van der Waals surface area contributed by atoms with Gasteiger partial charge in [-0.1, -0.05) is 20.8 Å². The van der Waals surface area contributed by atoms with Gasteiger partial charge in [-0.05, 0) is 32.5 Å². The highest BCUT2D eigenvalue weighted by Crippen LogP contribution is 2.19. The van der Waals surface area contributed by atoms with Gasteiger partial charge < -0.3 is 9.73 Å². The highest BCUT2D eigenvalue weighted by atomic mass is 16.3. The van der Waals surface area contributed by atoms with Crippen LogP contribution in [0.3, 0.4) is 0 Å². The van der Waals surface area contributed by atoms with Crippen molar-refractivity contribution in [2.24, 2.45) is 5.41 Å².